The molecule has 2 rings (SSSR count). The summed E-state index contributed by atoms with van der Waals surface area (Å²) in [5.41, 5.74) is 3.17. The van der Waals surface area contributed by atoms with Gasteiger partial charge >= 0.3 is 0 Å². The normalized spacial score (nSPS) is 11.8. The van der Waals surface area contributed by atoms with Gasteiger partial charge in [0.1, 0.15) is 0 Å². The van der Waals surface area contributed by atoms with E-state index in [1.165, 1.54) is 0 Å². The number of aromatic nitrogens is 2. The summed E-state index contributed by atoms with van der Waals surface area (Å²) in [6, 6.07) is 9.76. The van der Waals surface area contributed by atoms with E-state index < -0.39 is 3.79 Å². The minimum Gasteiger partial charge on any atom is -0.277 e. The van der Waals surface area contributed by atoms with Gasteiger partial charge in [0, 0.05) is 11.1 Å². The van der Waals surface area contributed by atoms with Crippen LogP contribution in [0.2, 0.25) is 0 Å². The molecule has 0 aliphatic carbocycles. The average Bonchev–Trinajstić information content (AvgIpc) is 2.61. The van der Waals surface area contributed by atoms with E-state index >= 15 is 0 Å². The van der Waals surface area contributed by atoms with Crippen LogP contribution in [0.1, 0.15) is 11.3 Å². The lowest BCUT2D eigenvalue weighted by Crippen LogP contribution is -2.02. The fraction of sp³-hybridized carbons (Fsp3) is 0.182. The number of hydrogen-bond acceptors (Lipinski definition) is 1. The molecule has 0 saturated heterocycles. The van der Waals surface area contributed by atoms with E-state index in [2.05, 4.69) is 10.2 Å². The van der Waals surface area contributed by atoms with Gasteiger partial charge in [0.2, 0.25) is 3.79 Å². The topological polar surface area (TPSA) is 28.7 Å². The van der Waals surface area contributed by atoms with Gasteiger partial charge in [-0.15, -0.1) is 0 Å². The number of aromatic amines is 1. The monoisotopic (exact) mass is 274 g/mol. The van der Waals surface area contributed by atoms with Gasteiger partial charge in [-0.2, -0.15) is 5.10 Å². The van der Waals surface area contributed by atoms with Crippen LogP contribution in [-0.4, -0.2) is 10.2 Å². The molecule has 0 saturated carbocycles. The summed E-state index contributed by atoms with van der Waals surface area (Å²) in [6.45, 7) is 1.88. The van der Waals surface area contributed by atoms with Gasteiger partial charge in [-0.05, 0) is 6.92 Å². The summed E-state index contributed by atoms with van der Waals surface area (Å²) in [7, 11) is 0. The number of nitrogens with zero attached hydrogens (tertiary/aromatic N) is 1. The van der Waals surface area contributed by atoms with Crippen LogP contribution in [0.5, 0.6) is 0 Å². The zero-order valence-electron chi connectivity index (χ0n) is 8.47. The van der Waals surface area contributed by atoms with Crippen LogP contribution >= 0.6 is 34.8 Å². The van der Waals surface area contributed by atoms with Crippen LogP contribution in [0.3, 0.4) is 0 Å². The molecule has 5 heteroatoms. The summed E-state index contributed by atoms with van der Waals surface area (Å²) in [5, 5.41) is 6.94. The molecule has 1 aromatic heterocycles. The number of H-pyrrole nitrogens is 1. The number of hydrogen-bond donors (Lipinski definition) is 1. The van der Waals surface area contributed by atoms with Crippen molar-refractivity contribution in [2.24, 2.45) is 0 Å². The summed E-state index contributed by atoms with van der Waals surface area (Å²) >= 11 is 17.5. The molecular formula is C11H9Cl3N2. The molecule has 0 radical (unpaired) electrons. The van der Waals surface area contributed by atoms with Crippen molar-refractivity contribution >= 4 is 34.8 Å². The molecule has 1 aromatic carbocycles. The minimum atomic E-state index is -1.47. The van der Waals surface area contributed by atoms with Crippen LogP contribution in [-0.2, 0) is 3.79 Å². The Kier molecular flexibility index (Phi) is 3.15. The Balaban J connectivity index is 2.50. The molecule has 0 atom stereocenters. The average molecular weight is 276 g/mol. The van der Waals surface area contributed by atoms with Crippen molar-refractivity contribution in [3.8, 4) is 11.3 Å². The maximum absolute atomic E-state index is 5.82. The molecule has 0 aliphatic rings. The molecule has 0 fully saturated rings. The highest BCUT2D eigenvalue weighted by Gasteiger charge is 2.28. The van der Waals surface area contributed by atoms with Crippen LogP contribution < -0.4 is 0 Å². The van der Waals surface area contributed by atoms with Crippen LogP contribution in [0.4, 0.5) is 0 Å². The molecule has 2 nitrogen and oxygen atoms in total. The lowest BCUT2D eigenvalue weighted by atomic mass is 10.1. The second-order valence-corrected chi connectivity index (χ2v) is 5.72. The molecule has 84 valence electrons. The van der Waals surface area contributed by atoms with Crippen molar-refractivity contribution in [2.75, 3.05) is 0 Å². The minimum absolute atomic E-state index is 0.511. The van der Waals surface area contributed by atoms with E-state index in [1.807, 2.05) is 37.3 Å². The van der Waals surface area contributed by atoms with E-state index in [-0.39, 0.29) is 0 Å². The Hall–Kier alpha value is -0.700. The quantitative estimate of drug-likeness (QED) is 0.776. The Morgan fingerprint density at radius 1 is 1.12 bits per heavy atom. The maximum atomic E-state index is 5.82. The van der Waals surface area contributed by atoms with Gasteiger partial charge in [-0.25, -0.2) is 0 Å². The maximum Gasteiger partial charge on any atom is 0.232 e. The van der Waals surface area contributed by atoms with Crippen molar-refractivity contribution in [3.05, 3.63) is 41.6 Å². The third kappa shape index (κ3) is 2.19. The van der Waals surface area contributed by atoms with Crippen molar-refractivity contribution < 1.29 is 0 Å². The smallest absolute Gasteiger partial charge is 0.232 e. The third-order valence-corrected chi connectivity index (χ3v) is 2.91. The SMILES string of the molecule is Cc1c(-c2ccccc2)n[nH]c1C(Cl)(Cl)Cl. The van der Waals surface area contributed by atoms with Crippen LogP contribution in [0.15, 0.2) is 30.3 Å². The zero-order valence-corrected chi connectivity index (χ0v) is 10.7. The highest BCUT2D eigenvalue weighted by Crippen LogP contribution is 2.40. The van der Waals surface area contributed by atoms with E-state index in [4.69, 9.17) is 34.8 Å². The van der Waals surface area contributed by atoms with Gasteiger partial charge in [-0.1, -0.05) is 65.1 Å². The first-order valence-electron chi connectivity index (χ1n) is 4.67. The molecule has 0 unspecified atom stereocenters. The summed E-state index contributed by atoms with van der Waals surface area (Å²) in [5.74, 6) is 0. The molecule has 1 N–H and O–H groups in total. The van der Waals surface area contributed by atoms with Gasteiger partial charge in [-0.3, -0.25) is 5.10 Å². The van der Waals surface area contributed by atoms with E-state index in [9.17, 15) is 0 Å². The van der Waals surface area contributed by atoms with Crippen LogP contribution in [0, 0.1) is 6.92 Å². The highest BCUT2D eigenvalue weighted by molar-refractivity contribution is 6.66. The highest BCUT2D eigenvalue weighted by atomic mass is 35.6. The summed E-state index contributed by atoms with van der Waals surface area (Å²) in [4.78, 5) is 0. The first-order chi connectivity index (χ1) is 7.50. The Morgan fingerprint density at radius 3 is 2.25 bits per heavy atom. The van der Waals surface area contributed by atoms with Crippen molar-refractivity contribution in [1.29, 1.82) is 0 Å². The molecule has 0 spiro atoms. The Morgan fingerprint density at radius 2 is 1.75 bits per heavy atom. The van der Waals surface area contributed by atoms with E-state index in [0.717, 1.165) is 16.8 Å². The Labute approximate surface area is 109 Å². The zero-order chi connectivity index (χ0) is 11.8. The van der Waals surface area contributed by atoms with Gasteiger partial charge in [0.15, 0.2) is 0 Å². The Bertz CT molecular complexity index is 486. The number of rotatable bonds is 1. The van der Waals surface area contributed by atoms with Crippen molar-refractivity contribution in [2.45, 2.75) is 10.7 Å². The largest absolute Gasteiger partial charge is 0.277 e. The number of benzene rings is 1. The number of alkyl halides is 3. The number of halogens is 3. The second-order valence-electron chi connectivity index (χ2n) is 3.44. The molecule has 1 heterocycles. The molecule has 16 heavy (non-hydrogen) atoms. The number of nitrogens with one attached hydrogen (secondary N) is 1. The second kappa shape index (κ2) is 4.28. The fourth-order valence-electron chi connectivity index (χ4n) is 1.55. The van der Waals surface area contributed by atoms with Crippen LogP contribution in [0.25, 0.3) is 11.3 Å². The third-order valence-electron chi connectivity index (χ3n) is 2.34. The predicted molar refractivity (Wildman–Crippen MR) is 68.0 cm³/mol. The van der Waals surface area contributed by atoms with Gasteiger partial charge in [0.05, 0.1) is 11.4 Å². The van der Waals surface area contributed by atoms with Gasteiger partial charge in [0.25, 0.3) is 0 Å². The lowest BCUT2D eigenvalue weighted by molar-refractivity contribution is 0.995. The van der Waals surface area contributed by atoms with Crippen molar-refractivity contribution in [1.82, 2.24) is 10.2 Å². The lowest BCUT2D eigenvalue weighted by Gasteiger charge is -2.09. The summed E-state index contributed by atoms with van der Waals surface area (Å²) < 4.78 is -1.47. The first-order valence-corrected chi connectivity index (χ1v) is 5.81. The van der Waals surface area contributed by atoms with E-state index in [0.29, 0.717) is 5.69 Å². The first kappa shape index (κ1) is 11.8. The molecule has 0 bridgehead atoms. The van der Waals surface area contributed by atoms with Gasteiger partial charge < -0.3 is 0 Å². The summed E-state index contributed by atoms with van der Waals surface area (Å²) in [6.07, 6.45) is 0. The fourth-order valence-corrected chi connectivity index (χ4v) is 2.10. The standard InChI is InChI=1S/C11H9Cl3N2/c1-7-9(8-5-3-2-4-6-8)15-16-10(7)11(12,13)14/h2-6H,1H3,(H,15,16). The molecule has 2 aromatic rings. The predicted octanol–water partition coefficient (Wildman–Crippen LogP) is 4.21. The van der Waals surface area contributed by atoms with Crippen molar-refractivity contribution in [3.63, 3.8) is 0 Å². The molecule has 0 aliphatic heterocycles. The molecular weight excluding hydrogens is 266 g/mol. The van der Waals surface area contributed by atoms with E-state index in [1.54, 1.807) is 0 Å². The molecule has 0 amide bonds.